The third-order valence-corrected chi connectivity index (χ3v) is 3.94. The third kappa shape index (κ3) is 2.98. The van der Waals surface area contributed by atoms with E-state index in [0.717, 1.165) is 45.7 Å². The van der Waals surface area contributed by atoms with Gasteiger partial charge in [0.15, 0.2) is 5.79 Å². The van der Waals surface area contributed by atoms with Crippen LogP contribution < -0.4 is 5.73 Å². The first-order valence-corrected chi connectivity index (χ1v) is 7.08. The van der Waals surface area contributed by atoms with E-state index in [9.17, 15) is 0 Å². The van der Waals surface area contributed by atoms with E-state index in [0.29, 0.717) is 6.54 Å². The first-order chi connectivity index (χ1) is 9.30. The number of piperidine rings is 1. The monoisotopic (exact) mass is 262 g/mol. The molecule has 2 fully saturated rings. The zero-order chi connectivity index (χ0) is 13.1. The number of ether oxygens (including phenoxy) is 2. The van der Waals surface area contributed by atoms with E-state index in [-0.39, 0.29) is 5.79 Å². The molecule has 0 aliphatic carbocycles. The molecule has 0 bridgehead atoms. The smallest absolute Gasteiger partial charge is 0.181 e. The van der Waals surface area contributed by atoms with Crippen molar-refractivity contribution in [1.29, 1.82) is 0 Å². The summed E-state index contributed by atoms with van der Waals surface area (Å²) in [6.45, 7) is 5.00. The second kappa shape index (κ2) is 5.59. The predicted molar refractivity (Wildman–Crippen MR) is 73.5 cm³/mol. The molecule has 0 unspecified atom stereocenters. The molecular weight excluding hydrogens is 240 g/mol. The highest BCUT2D eigenvalue weighted by Crippen LogP contribution is 2.30. The molecule has 0 aromatic heterocycles. The van der Waals surface area contributed by atoms with E-state index < -0.39 is 0 Å². The molecule has 2 aliphatic heterocycles. The largest absolute Gasteiger partial charge is 0.346 e. The van der Waals surface area contributed by atoms with Crippen molar-refractivity contribution in [3.63, 3.8) is 0 Å². The van der Waals surface area contributed by atoms with Crippen molar-refractivity contribution in [1.82, 2.24) is 4.90 Å². The van der Waals surface area contributed by atoms with Gasteiger partial charge in [-0.3, -0.25) is 4.90 Å². The third-order valence-electron chi connectivity index (χ3n) is 3.94. The van der Waals surface area contributed by atoms with Crippen molar-refractivity contribution in [3.8, 4) is 0 Å². The first kappa shape index (κ1) is 13.1. The Kier molecular flexibility index (Phi) is 3.84. The van der Waals surface area contributed by atoms with Gasteiger partial charge in [0.1, 0.15) is 0 Å². The number of rotatable bonds is 3. The highest BCUT2D eigenvalue weighted by atomic mass is 16.7. The van der Waals surface area contributed by atoms with Crippen LogP contribution in [0.3, 0.4) is 0 Å². The molecule has 2 N–H and O–H groups in total. The number of hydrogen-bond acceptors (Lipinski definition) is 4. The van der Waals surface area contributed by atoms with Crippen LogP contribution in [0.15, 0.2) is 24.3 Å². The molecule has 4 heteroatoms. The van der Waals surface area contributed by atoms with Crippen molar-refractivity contribution in [2.24, 2.45) is 5.73 Å². The van der Waals surface area contributed by atoms with Gasteiger partial charge in [-0.25, -0.2) is 0 Å². The van der Waals surface area contributed by atoms with Crippen molar-refractivity contribution in [2.45, 2.75) is 31.7 Å². The van der Waals surface area contributed by atoms with Gasteiger partial charge in [0.05, 0.1) is 19.8 Å². The first-order valence-electron chi connectivity index (χ1n) is 7.08. The molecule has 2 aliphatic rings. The Hall–Kier alpha value is -0.940. The van der Waals surface area contributed by atoms with E-state index in [2.05, 4.69) is 29.2 Å². The minimum absolute atomic E-state index is 0.330. The molecular formula is C15H22N2O2. The maximum atomic E-state index is 5.81. The second-order valence-electron chi connectivity index (χ2n) is 5.45. The van der Waals surface area contributed by atoms with Gasteiger partial charge in [-0.1, -0.05) is 24.3 Å². The van der Waals surface area contributed by atoms with Crippen LogP contribution >= 0.6 is 0 Å². The molecule has 104 valence electrons. The normalized spacial score (nSPS) is 23.0. The number of hydrogen-bond donors (Lipinski definition) is 1. The van der Waals surface area contributed by atoms with Gasteiger partial charge in [-0.05, 0) is 24.1 Å². The summed E-state index contributed by atoms with van der Waals surface area (Å²) in [4.78, 5) is 2.42. The molecule has 2 saturated heterocycles. The summed E-state index contributed by atoms with van der Waals surface area (Å²) in [7, 11) is 0. The Morgan fingerprint density at radius 2 is 2.00 bits per heavy atom. The van der Waals surface area contributed by atoms with Crippen molar-refractivity contribution < 1.29 is 9.47 Å². The van der Waals surface area contributed by atoms with Crippen LogP contribution in [-0.2, 0) is 22.6 Å². The standard InChI is InChI=1S/C15H22N2O2/c16-10-13-3-1-4-14(9-13)11-17-6-2-5-15(12-17)18-7-8-19-15/h1,3-4,9H,2,5-8,10-12,16H2. The lowest BCUT2D eigenvalue weighted by atomic mass is 10.0. The van der Waals surface area contributed by atoms with E-state index >= 15 is 0 Å². The fourth-order valence-electron chi connectivity index (χ4n) is 3.05. The molecule has 19 heavy (non-hydrogen) atoms. The number of benzene rings is 1. The van der Waals surface area contributed by atoms with Crippen LogP contribution in [0.1, 0.15) is 24.0 Å². The SMILES string of the molecule is NCc1cccc(CN2CCCC3(C2)OCCO3)c1. The molecule has 1 aromatic carbocycles. The Labute approximate surface area is 114 Å². The average molecular weight is 262 g/mol. The maximum absolute atomic E-state index is 5.81. The highest BCUT2D eigenvalue weighted by Gasteiger charge is 2.40. The molecule has 0 atom stereocenters. The number of nitrogens with zero attached hydrogens (tertiary/aromatic N) is 1. The predicted octanol–water partition coefficient (Wildman–Crippen LogP) is 1.48. The van der Waals surface area contributed by atoms with Gasteiger partial charge in [0, 0.05) is 19.5 Å². The molecule has 1 aromatic rings. The van der Waals surface area contributed by atoms with Gasteiger partial charge < -0.3 is 15.2 Å². The van der Waals surface area contributed by atoms with E-state index in [1.54, 1.807) is 0 Å². The maximum Gasteiger partial charge on any atom is 0.181 e. The van der Waals surface area contributed by atoms with Crippen LogP contribution in [0, 0.1) is 0 Å². The fourth-order valence-corrected chi connectivity index (χ4v) is 3.05. The van der Waals surface area contributed by atoms with Crippen LogP contribution in [0.25, 0.3) is 0 Å². The van der Waals surface area contributed by atoms with Gasteiger partial charge in [0.2, 0.25) is 0 Å². The topological polar surface area (TPSA) is 47.7 Å². The lowest BCUT2D eigenvalue weighted by molar-refractivity contribution is -0.190. The van der Waals surface area contributed by atoms with E-state index in [1.165, 1.54) is 11.1 Å². The summed E-state index contributed by atoms with van der Waals surface area (Å²) in [6, 6.07) is 8.51. The van der Waals surface area contributed by atoms with Crippen LogP contribution in [0.5, 0.6) is 0 Å². The van der Waals surface area contributed by atoms with Gasteiger partial charge in [0.25, 0.3) is 0 Å². The van der Waals surface area contributed by atoms with Crippen LogP contribution in [0.2, 0.25) is 0 Å². The minimum atomic E-state index is -0.330. The summed E-state index contributed by atoms with van der Waals surface area (Å²) in [5, 5.41) is 0. The van der Waals surface area contributed by atoms with Gasteiger partial charge >= 0.3 is 0 Å². The molecule has 2 heterocycles. The summed E-state index contributed by atoms with van der Waals surface area (Å²) >= 11 is 0. The Balaban J connectivity index is 1.65. The van der Waals surface area contributed by atoms with Crippen molar-refractivity contribution in [3.05, 3.63) is 35.4 Å². The zero-order valence-corrected chi connectivity index (χ0v) is 11.3. The van der Waals surface area contributed by atoms with Crippen molar-refractivity contribution >= 4 is 0 Å². The number of nitrogens with two attached hydrogens (primary N) is 1. The molecule has 3 rings (SSSR count). The Morgan fingerprint density at radius 1 is 1.21 bits per heavy atom. The minimum Gasteiger partial charge on any atom is -0.346 e. The molecule has 0 amide bonds. The van der Waals surface area contributed by atoms with Gasteiger partial charge in [-0.15, -0.1) is 0 Å². The second-order valence-corrected chi connectivity index (χ2v) is 5.45. The molecule has 0 radical (unpaired) electrons. The summed E-state index contributed by atoms with van der Waals surface area (Å²) < 4.78 is 11.6. The number of likely N-dealkylation sites (tertiary alicyclic amines) is 1. The molecule has 1 spiro atoms. The Morgan fingerprint density at radius 3 is 2.79 bits per heavy atom. The Bertz CT molecular complexity index is 430. The summed E-state index contributed by atoms with van der Waals surface area (Å²) in [6.07, 6.45) is 2.16. The fraction of sp³-hybridized carbons (Fsp3) is 0.600. The zero-order valence-electron chi connectivity index (χ0n) is 11.3. The molecule has 4 nitrogen and oxygen atoms in total. The molecule has 0 saturated carbocycles. The summed E-state index contributed by atoms with van der Waals surface area (Å²) in [5.74, 6) is -0.330. The highest BCUT2D eigenvalue weighted by molar-refractivity contribution is 5.23. The van der Waals surface area contributed by atoms with E-state index in [1.807, 2.05) is 0 Å². The quantitative estimate of drug-likeness (QED) is 0.896. The van der Waals surface area contributed by atoms with Crippen LogP contribution in [-0.4, -0.2) is 37.0 Å². The lowest BCUT2D eigenvalue weighted by Gasteiger charge is -2.38. The summed E-state index contributed by atoms with van der Waals surface area (Å²) in [5.41, 5.74) is 8.20. The van der Waals surface area contributed by atoms with Gasteiger partial charge in [-0.2, -0.15) is 0 Å². The lowest BCUT2D eigenvalue weighted by Crippen LogP contribution is -2.48. The van der Waals surface area contributed by atoms with E-state index in [4.69, 9.17) is 15.2 Å². The van der Waals surface area contributed by atoms with Crippen LogP contribution in [0.4, 0.5) is 0 Å². The average Bonchev–Trinajstić information content (AvgIpc) is 2.87. The van der Waals surface area contributed by atoms with Crippen molar-refractivity contribution in [2.75, 3.05) is 26.3 Å².